The Bertz CT molecular complexity index is 584. The maximum Gasteiger partial charge on any atom is 0.441 e. The Morgan fingerprint density at radius 3 is 2.00 bits per heavy atom. The molecule has 0 saturated carbocycles. The van der Waals surface area contributed by atoms with Crippen molar-refractivity contribution in [2.75, 3.05) is 12.4 Å². The lowest BCUT2D eigenvalue weighted by molar-refractivity contribution is -0.0328. The van der Waals surface area contributed by atoms with Crippen molar-refractivity contribution in [3.05, 3.63) is 29.8 Å². The van der Waals surface area contributed by atoms with Crippen LogP contribution in [0.15, 0.2) is 29.2 Å². The zero-order chi connectivity index (χ0) is 18.8. The van der Waals surface area contributed by atoms with Crippen LogP contribution in [-0.4, -0.2) is 26.3 Å². The van der Waals surface area contributed by atoms with Crippen LogP contribution in [0.2, 0.25) is 0 Å². The van der Waals surface area contributed by atoms with Gasteiger partial charge in [0, 0.05) is 5.75 Å². The minimum absolute atomic E-state index is 0.0362. The van der Waals surface area contributed by atoms with E-state index in [1.54, 1.807) is 12.1 Å². The molecule has 0 amide bonds. The molecule has 0 aliphatic heterocycles. The molecule has 0 N–H and O–H groups in total. The third-order valence-corrected chi connectivity index (χ3v) is 5.75. The number of benzene rings is 1. The monoisotopic (exact) mass is 398 g/mol. The Hall–Kier alpha value is -0.730. The minimum Gasteiger partial charge on any atom is -0.266 e. The second-order valence-corrected chi connectivity index (χ2v) is 8.63. The van der Waals surface area contributed by atoms with Gasteiger partial charge in [-0.1, -0.05) is 61.6 Å². The van der Waals surface area contributed by atoms with Gasteiger partial charge in [-0.25, -0.2) is 0 Å². The Morgan fingerprint density at radius 1 is 0.920 bits per heavy atom. The molecule has 3 nitrogen and oxygen atoms in total. The second-order valence-electron chi connectivity index (χ2n) is 5.86. The van der Waals surface area contributed by atoms with Crippen LogP contribution in [0.5, 0.6) is 0 Å². The van der Waals surface area contributed by atoms with Crippen molar-refractivity contribution in [2.24, 2.45) is 0 Å². The van der Waals surface area contributed by atoms with Crippen molar-refractivity contribution >= 4 is 21.9 Å². The van der Waals surface area contributed by atoms with Crippen LogP contribution in [0.1, 0.15) is 50.5 Å². The van der Waals surface area contributed by atoms with E-state index >= 15 is 0 Å². The fourth-order valence-corrected chi connectivity index (χ4v) is 3.74. The number of alkyl halides is 3. The van der Waals surface area contributed by atoms with Gasteiger partial charge in [-0.2, -0.15) is 21.6 Å². The molecule has 8 heteroatoms. The van der Waals surface area contributed by atoms with E-state index in [2.05, 4.69) is 0 Å². The molecule has 0 saturated heterocycles. The van der Waals surface area contributed by atoms with E-state index in [4.69, 9.17) is 4.18 Å². The van der Waals surface area contributed by atoms with Crippen LogP contribution in [0, 0.1) is 6.92 Å². The van der Waals surface area contributed by atoms with E-state index < -0.39 is 15.6 Å². The topological polar surface area (TPSA) is 43.4 Å². The lowest BCUT2D eigenvalue weighted by Gasteiger charge is -2.06. The first kappa shape index (κ1) is 22.3. The molecule has 0 heterocycles. The Balaban J connectivity index is 2.02. The molecule has 0 aromatic heterocycles. The summed E-state index contributed by atoms with van der Waals surface area (Å²) in [6.07, 6.45) is 5.64. The van der Waals surface area contributed by atoms with Crippen LogP contribution in [0.4, 0.5) is 13.2 Å². The molecular weight excluding hydrogens is 373 g/mol. The summed E-state index contributed by atoms with van der Waals surface area (Å²) >= 11 is 0.0362. The summed E-state index contributed by atoms with van der Waals surface area (Å²) in [7, 11) is -3.69. The molecule has 0 radical (unpaired) electrons. The molecule has 0 unspecified atom stereocenters. The summed E-state index contributed by atoms with van der Waals surface area (Å²) in [6.45, 7) is 2.03. The smallest absolute Gasteiger partial charge is 0.266 e. The second kappa shape index (κ2) is 11.1. The highest BCUT2D eigenvalue weighted by Crippen LogP contribution is 2.30. The molecule has 144 valence electrons. The lowest BCUT2D eigenvalue weighted by atomic mass is 10.1. The first-order chi connectivity index (χ1) is 11.7. The molecule has 0 atom stereocenters. The summed E-state index contributed by atoms with van der Waals surface area (Å²) in [5.74, 6) is 0.119. The van der Waals surface area contributed by atoms with Crippen LogP contribution < -0.4 is 0 Å². The van der Waals surface area contributed by atoms with Gasteiger partial charge in [-0.3, -0.25) is 4.18 Å². The van der Waals surface area contributed by atoms with E-state index in [1.807, 2.05) is 6.92 Å². The molecule has 0 aliphatic rings. The number of halogens is 3. The quantitative estimate of drug-likeness (QED) is 0.335. The van der Waals surface area contributed by atoms with E-state index in [0.717, 1.165) is 37.7 Å². The number of hydrogen-bond donors (Lipinski definition) is 0. The van der Waals surface area contributed by atoms with Gasteiger partial charge in [-0.05, 0) is 31.9 Å². The van der Waals surface area contributed by atoms with Gasteiger partial charge < -0.3 is 0 Å². The van der Waals surface area contributed by atoms with E-state index in [0.29, 0.717) is 12.8 Å². The van der Waals surface area contributed by atoms with Gasteiger partial charge in [0.25, 0.3) is 10.1 Å². The highest BCUT2D eigenvalue weighted by atomic mass is 32.2. The van der Waals surface area contributed by atoms with Gasteiger partial charge >= 0.3 is 5.51 Å². The van der Waals surface area contributed by atoms with Crippen molar-refractivity contribution in [1.29, 1.82) is 0 Å². The van der Waals surface area contributed by atoms with Crippen molar-refractivity contribution in [3.63, 3.8) is 0 Å². The largest absolute Gasteiger partial charge is 0.441 e. The maximum absolute atomic E-state index is 11.9. The fraction of sp³-hybridized carbons (Fsp3) is 0.647. The maximum atomic E-state index is 11.9. The Labute approximate surface area is 152 Å². The predicted molar refractivity (Wildman–Crippen MR) is 95.1 cm³/mol. The van der Waals surface area contributed by atoms with Gasteiger partial charge in [-0.15, -0.1) is 0 Å². The lowest BCUT2D eigenvalue weighted by Crippen LogP contribution is -2.07. The average Bonchev–Trinajstić information content (AvgIpc) is 2.52. The average molecular weight is 399 g/mol. The molecule has 0 bridgehead atoms. The van der Waals surface area contributed by atoms with Crippen LogP contribution in [-0.2, 0) is 14.3 Å². The predicted octanol–water partition coefficient (Wildman–Crippen LogP) is 5.68. The number of aryl methyl sites for hydroxylation is 1. The molecular formula is C17H25F3O3S2. The third-order valence-electron chi connectivity index (χ3n) is 3.60. The first-order valence-corrected chi connectivity index (χ1v) is 10.8. The normalized spacial score (nSPS) is 12.5. The molecule has 1 aromatic carbocycles. The van der Waals surface area contributed by atoms with Crippen molar-refractivity contribution < 1.29 is 25.8 Å². The van der Waals surface area contributed by atoms with Gasteiger partial charge in [0.15, 0.2) is 0 Å². The molecule has 0 spiro atoms. The zero-order valence-corrected chi connectivity index (χ0v) is 16.0. The van der Waals surface area contributed by atoms with Crippen LogP contribution in [0.25, 0.3) is 0 Å². The summed E-state index contributed by atoms with van der Waals surface area (Å²) in [4.78, 5) is 0.162. The summed E-state index contributed by atoms with van der Waals surface area (Å²) in [5, 5.41) is 0. The number of unbranched alkanes of at least 4 members (excludes halogenated alkanes) is 6. The van der Waals surface area contributed by atoms with Gasteiger partial charge in [0.05, 0.1) is 11.5 Å². The van der Waals surface area contributed by atoms with Crippen molar-refractivity contribution in [1.82, 2.24) is 0 Å². The number of rotatable bonds is 12. The molecule has 1 aromatic rings. The number of thioether (sulfide) groups is 1. The number of hydrogen-bond acceptors (Lipinski definition) is 4. The molecule has 1 rings (SSSR count). The van der Waals surface area contributed by atoms with Crippen molar-refractivity contribution in [2.45, 2.75) is 62.3 Å². The minimum atomic E-state index is -4.13. The van der Waals surface area contributed by atoms with E-state index in [1.165, 1.54) is 12.1 Å². The summed E-state index contributed by atoms with van der Waals surface area (Å²) in [6, 6.07) is 6.51. The molecule has 25 heavy (non-hydrogen) atoms. The zero-order valence-electron chi connectivity index (χ0n) is 14.3. The van der Waals surface area contributed by atoms with E-state index in [-0.39, 0.29) is 29.0 Å². The first-order valence-electron chi connectivity index (χ1n) is 8.37. The SMILES string of the molecule is Cc1ccc(S(=O)(=O)OCCCCCCCCCSC(F)(F)F)cc1. The highest BCUT2D eigenvalue weighted by molar-refractivity contribution is 8.00. The Kier molecular flexibility index (Phi) is 9.89. The van der Waals surface area contributed by atoms with Crippen molar-refractivity contribution in [3.8, 4) is 0 Å². The van der Waals surface area contributed by atoms with Crippen LogP contribution in [0.3, 0.4) is 0 Å². The summed E-state index contributed by atoms with van der Waals surface area (Å²) < 4.78 is 64.7. The third kappa shape index (κ3) is 10.8. The van der Waals surface area contributed by atoms with Gasteiger partial charge in [0.2, 0.25) is 0 Å². The van der Waals surface area contributed by atoms with Crippen LogP contribution >= 0.6 is 11.8 Å². The van der Waals surface area contributed by atoms with Gasteiger partial charge in [0.1, 0.15) is 0 Å². The molecule has 0 aliphatic carbocycles. The fourth-order valence-electron chi connectivity index (χ4n) is 2.22. The Morgan fingerprint density at radius 2 is 1.44 bits per heavy atom. The van der Waals surface area contributed by atoms with E-state index in [9.17, 15) is 21.6 Å². The standard InChI is InChI=1S/C17H25F3O3S2/c1-15-9-11-16(12-10-15)25(21,22)23-13-7-5-3-2-4-6-8-14-24-17(18,19)20/h9-12H,2-8,13-14H2,1H3. The molecule has 0 fully saturated rings. The highest BCUT2D eigenvalue weighted by Gasteiger charge is 2.27. The summed E-state index contributed by atoms with van der Waals surface area (Å²) in [5.41, 5.74) is -3.14.